The van der Waals surface area contributed by atoms with Crippen LogP contribution in [0.25, 0.3) is 0 Å². The van der Waals surface area contributed by atoms with Gasteiger partial charge in [-0.05, 0) is 85.2 Å². The first kappa shape index (κ1) is 27.6. The van der Waals surface area contributed by atoms with Crippen molar-refractivity contribution in [1.29, 1.82) is 5.26 Å². The Morgan fingerprint density at radius 3 is 2.51 bits per heavy atom. The number of hydrogen-bond donors (Lipinski definition) is 3. The summed E-state index contributed by atoms with van der Waals surface area (Å²) in [4.78, 5) is 31.8. The maximum atomic E-state index is 13.1. The predicted molar refractivity (Wildman–Crippen MR) is 152 cm³/mol. The van der Waals surface area contributed by atoms with Crippen molar-refractivity contribution < 1.29 is 14.7 Å². The van der Waals surface area contributed by atoms with Crippen LogP contribution >= 0.6 is 0 Å². The molecule has 3 N–H and O–H groups in total. The lowest BCUT2D eigenvalue weighted by Gasteiger charge is -2.34. The molecule has 1 aromatic heterocycles. The third kappa shape index (κ3) is 7.14. The Morgan fingerprint density at radius 1 is 1.15 bits per heavy atom. The van der Waals surface area contributed by atoms with Gasteiger partial charge in [-0.25, -0.2) is 9.78 Å². The smallest absolute Gasteiger partial charge is 0.326 e. The van der Waals surface area contributed by atoms with Crippen LogP contribution in [-0.4, -0.2) is 47.6 Å². The summed E-state index contributed by atoms with van der Waals surface area (Å²) in [6, 6.07) is 18.2. The average molecular weight is 526 g/mol. The van der Waals surface area contributed by atoms with E-state index in [-0.39, 0.29) is 6.42 Å². The van der Waals surface area contributed by atoms with Gasteiger partial charge in [0.15, 0.2) is 0 Å². The molecule has 2 aromatic carbocycles. The highest BCUT2D eigenvalue weighted by Crippen LogP contribution is 2.24. The number of aromatic nitrogens is 1. The molecular formula is C31H35N5O3. The van der Waals surface area contributed by atoms with E-state index in [1.807, 2.05) is 49.4 Å². The molecule has 0 aliphatic carbocycles. The van der Waals surface area contributed by atoms with Gasteiger partial charge in [0.25, 0.3) is 5.91 Å². The lowest BCUT2D eigenvalue weighted by Crippen LogP contribution is -2.42. The molecule has 1 unspecified atom stereocenters. The van der Waals surface area contributed by atoms with Crippen LogP contribution in [-0.2, 0) is 17.6 Å². The Hall–Kier alpha value is -4.38. The van der Waals surface area contributed by atoms with Crippen molar-refractivity contribution in [2.24, 2.45) is 5.92 Å². The van der Waals surface area contributed by atoms with Crippen molar-refractivity contribution in [3.63, 3.8) is 0 Å². The third-order valence-corrected chi connectivity index (χ3v) is 7.35. The van der Waals surface area contributed by atoms with E-state index in [9.17, 15) is 20.0 Å². The number of rotatable bonds is 10. The van der Waals surface area contributed by atoms with E-state index in [0.29, 0.717) is 29.0 Å². The minimum atomic E-state index is -1.09. The van der Waals surface area contributed by atoms with Crippen LogP contribution in [0.3, 0.4) is 0 Å². The first-order valence-corrected chi connectivity index (χ1v) is 13.4. The molecule has 8 nitrogen and oxygen atoms in total. The van der Waals surface area contributed by atoms with Gasteiger partial charge >= 0.3 is 5.97 Å². The highest BCUT2D eigenvalue weighted by Gasteiger charge is 2.24. The molecule has 1 aliphatic heterocycles. The van der Waals surface area contributed by atoms with Crippen LogP contribution in [0.2, 0.25) is 0 Å². The van der Waals surface area contributed by atoms with Crippen LogP contribution in [0, 0.1) is 24.2 Å². The second-order valence-corrected chi connectivity index (χ2v) is 10.1. The van der Waals surface area contributed by atoms with Crippen LogP contribution in [0.5, 0.6) is 0 Å². The molecule has 8 heteroatoms. The van der Waals surface area contributed by atoms with E-state index in [1.54, 1.807) is 25.3 Å². The average Bonchev–Trinajstić information content (AvgIpc) is 2.96. The van der Waals surface area contributed by atoms with E-state index in [1.165, 1.54) is 0 Å². The molecule has 3 aromatic rings. The highest BCUT2D eigenvalue weighted by atomic mass is 16.4. The molecule has 4 rings (SSSR count). The van der Waals surface area contributed by atoms with E-state index >= 15 is 0 Å². The zero-order chi connectivity index (χ0) is 27.8. The number of aliphatic carboxylic acids is 1. The van der Waals surface area contributed by atoms with Crippen molar-refractivity contribution in [2.45, 2.75) is 45.6 Å². The maximum absolute atomic E-state index is 13.1. The summed E-state index contributed by atoms with van der Waals surface area (Å²) >= 11 is 0. The molecule has 0 saturated carbocycles. The number of carbonyl (C=O) groups excluding carboxylic acids is 1. The molecule has 0 radical (unpaired) electrons. The Kier molecular flexibility index (Phi) is 9.16. The zero-order valence-electron chi connectivity index (χ0n) is 22.5. The van der Waals surface area contributed by atoms with Crippen molar-refractivity contribution in [1.82, 2.24) is 10.3 Å². The van der Waals surface area contributed by atoms with Crippen LogP contribution in [0.1, 0.15) is 52.4 Å². The summed E-state index contributed by atoms with van der Waals surface area (Å²) in [6.07, 6.45) is 4.71. The third-order valence-electron chi connectivity index (χ3n) is 7.35. The number of aryl methyl sites for hydroxylation is 2. The molecule has 0 spiro atoms. The number of amides is 1. The number of anilines is 2. The second-order valence-electron chi connectivity index (χ2n) is 10.1. The van der Waals surface area contributed by atoms with E-state index in [2.05, 4.69) is 26.6 Å². The summed E-state index contributed by atoms with van der Waals surface area (Å²) in [5.41, 5.74) is 4.28. The fourth-order valence-corrected chi connectivity index (χ4v) is 5.15. The number of benzene rings is 2. The molecule has 202 valence electrons. The first-order valence-electron chi connectivity index (χ1n) is 13.4. The summed E-state index contributed by atoms with van der Waals surface area (Å²) in [7, 11) is 0. The van der Waals surface area contributed by atoms with Gasteiger partial charge in [-0.1, -0.05) is 25.1 Å². The molecule has 1 fully saturated rings. The van der Waals surface area contributed by atoms with Gasteiger partial charge in [0.2, 0.25) is 0 Å². The number of nitrogens with one attached hydrogen (secondary N) is 2. The molecule has 39 heavy (non-hydrogen) atoms. The van der Waals surface area contributed by atoms with Crippen molar-refractivity contribution >= 4 is 23.4 Å². The lowest BCUT2D eigenvalue weighted by molar-refractivity contribution is -0.139. The summed E-state index contributed by atoms with van der Waals surface area (Å²) in [5.74, 6) is -0.0175. The summed E-state index contributed by atoms with van der Waals surface area (Å²) < 4.78 is 0. The lowest BCUT2D eigenvalue weighted by atomic mass is 9.95. The Balaban J connectivity index is 1.33. The predicted octanol–water partition coefficient (Wildman–Crippen LogP) is 4.58. The number of pyridine rings is 1. The molecule has 1 atom stereocenters. The topological polar surface area (TPSA) is 118 Å². The molecule has 2 heterocycles. The SMILES string of the molecule is CCc1cc(C#N)cc(C)c1C(=O)NC(Cc1ccc(N2CCC(CNc3ccccn3)CC2)cc1)C(=O)O. The minimum Gasteiger partial charge on any atom is -0.480 e. The number of nitrogens with zero attached hydrogens (tertiary/aromatic N) is 3. The van der Waals surface area contributed by atoms with E-state index in [0.717, 1.165) is 55.1 Å². The number of hydrogen-bond acceptors (Lipinski definition) is 6. The van der Waals surface area contributed by atoms with Crippen LogP contribution in [0.15, 0.2) is 60.8 Å². The van der Waals surface area contributed by atoms with Crippen molar-refractivity contribution in [3.8, 4) is 6.07 Å². The van der Waals surface area contributed by atoms with Crippen LogP contribution < -0.4 is 15.5 Å². The number of nitriles is 1. The van der Waals surface area contributed by atoms with E-state index < -0.39 is 17.9 Å². The second kappa shape index (κ2) is 12.9. The number of piperidine rings is 1. The fourth-order valence-electron chi connectivity index (χ4n) is 5.15. The largest absolute Gasteiger partial charge is 0.480 e. The number of carbonyl (C=O) groups is 2. The fraction of sp³-hybridized carbons (Fsp3) is 0.355. The van der Waals surface area contributed by atoms with Gasteiger partial charge in [-0.15, -0.1) is 0 Å². The Labute approximate surface area is 229 Å². The van der Waals surface area contributed by atoms with Gasteiger partial charge in [0.05, 0.1) is 11.6 Å². The summed E-state index contributed by atoms with van der Waals surface area (Å²) in [6.45, 7) is 6.51. The van der Waals surface area contributed by atoms with Gasteiger partial charge in [0, 0.05) is 43.5 Å². The zero-order valence-corrected chi connectivity index (χ0v) is 22.5. The highest BCUT2D eigenvalue weighted by molar-refractivity contribution is 5.99. The molecule has 1 saturated heterocycles. The normalized spacial score (nSPS) is 14.3. The maximum Gasteiger partial charge on any atom is 0.326 e. The first-order chi connectivity index (χ1) is 18.9. The van der Waals surface area contributed by atoms with Gasteiger partial charge in [-0.2, -0.15) is 5.26 Å². The number of carboxylic acid groups (broad SMARTS) is 1. The van der Waals surface area contributed by atoms with Crippen molar-refractivity contribution in [3.05, 3.63) is 88.6 Å². The van der Waals surface area contributed by atoms with Gasteiger partial charge in [-0.3, -0.25) is 4.79 Å². The Morgan fingerprint density at radius 2 is 1.90 bits per heavy atom. The van der Waals surface area contributed by atoms with Crippen molar-refractivity contribution in [2.75, 3.05) is 29.9 Å². The van der Waals surface area contributed by atoms with Gasteiger partial charge < -0.3 is 20.6 Å². The monoisotopic (exact) mass is 525 g/mol. The molecule has 0 bridgehead atoms. The standard InChI is InChI=1S/C31H35N5O3/c1-3-25-17-24(19-32)16-21(2)29(25)30(37)35-27(31(38)39)18-22-7-9-26(10-8-22)36-14-11-23(12-15-36)20-34-28-6-4-5-13-33-28/h4-10,13,16-17,23,27H,3,11-12,14-15,18,20H2,1-2H3,(H,33,34)(H,35,37)(H,38,39). The summed E-state index contributed by atoms with van der Waals surface area (Å²) in [5, 5.41) is 25.2. The number of carboxylic acids is 1. The quantitative estimate of drug-likeness (QED) is 0.355. The molecule has 1 amide bonds. The Bertz CT molecular complexity index is 1330. The minimum absolute atomic E-state index is 0.180. The van der Waals surface area contributed by atoms with Gasteiger partial charge in [0.1, 0.15) is 11.9 Å². The van der Waals surface area contributed by atoms with E-state index in [4.69, 9.17) is 0 Å². The van der Waals surface area contributed by atoms with Crippen LogP contribution in [0.4, 0.5) is 11.5 Å². The molecular weight excluding hydrogens is 490 g/mol. The molecule has 1 aliphatic rings.